The zero-order chi connectivity index (χ0) is 14.2. The molecular formula is C13H20N4O2. The molecule has 2 amide bonds. The lowest BCUT2D eigenvalue weighted by Gasteiger charge is -2.39. The summed E-state index contributed by atoms with van der Waals surface area (Å²) in [5.74, 6) is 0.384. The molecule has 0 bridgehead atoms. The van der Waals surface area contributed by atoms with Crippen molar-refractivity contribution in [3.8, 4) is 0 Å². The van der Waals surface area contributed by atoms with Gasteiger partial charge < -0.3 is 5.32 Å². The van der Waals surface area contributed by atoms with Crippen LogP contribution in [0.2, 0.25) is 0 Å². The Balaban J connectivity index is 2.42. The van der Waals surface area contributed by atoms with Gasteiger partial charge in [0, 0.05) is 19.3 Å². The molecule has 1 saturated heterocycles. The standard InChI is InChI=1S/C13H20N4O2/c1-5-9-13(19)17(10-6-7-16(4)15-10)11(8(2)3)12(18)14-9/h6-9,11H,5H2,1-4H3,(H,14,18). The Hall–Kier alpha value is -1.85. The lowest BCUT2D eigenvalue weighted by molar-refractivity contribution is -0.134. The number of piperazine rings is 1. The van der Waals surface area contributed by atoms with E-state index in [0.29, 0.717) is 12.2 Å². The predicted molar refractivity (Wildman–Crippen MR) is 71.5 cm³/mol. The summed E-state index contributed by atoms with van der Waals surface area (Å²) in [6.07, 6.45) is 2.35. The van der Waals surface area contributed by atoms with Crippen molar-refractivity contribution < 1.29 is 9.59 Å². The molecule has 0 saturated carbocycles. The van der Waals surface area contributed by atoms with Gasteiger partial charge in [-0.2, -0.15) is 5.10 Å². The first-order valence-electron chi connectivity index (χ1n) is 6.58. The van der Waals surface area contributed by atoms with E-state index in [1.807, 2.05) is 20.8 Å². The summed E-state index contributed by atoms with van der Waals surface area (Å²) in [6.45, 7) is 5.74. The Labute approximate surface area is 112 Å². The molecule has 2 heterocycles. The highest BCUT2D eigenvalue weighted by Crippen LogP contribution is 2.24. The number of anilines is 1. The van der Waals surface area contributed by atoms with Gasteiger partial charge >= 0.3 is 0 Å². The number of nitrogens with zero attached hydrogens (tertiary/aromatic N) is 3. The molecule has 0 aliphatic carbocycles. The van der Waals surface area contributed by atoms with Crippen molar-refractivity contribution in [2.75, 3.05) is 4.90 Å². The predicted octanol–water partition coefficient (Wildman–Crippen LogP) is 0.686. The van der Waals surface area contributed by atoms with Crippen LogP contribution in [0.5, 0.6) is 0 Å². The zero-order valence-electron chi connectivity index (χ0n) is 11.8. The molecule has 0 radical (unpaired) electrons. The molecule has 1 N–H and O–H groups in total. The third-order valence-corrected chi connectivity index (χ3v) is 3.38. The van der Waals surface area contributed by atoms with Crippen molar-refractivity contribution >= 4 is 17.6 Å². The zero-order valence-corrected chi connectivity index (χ0v) is 11.8. The maximum Gasteiger partial charge on any atom is 0.251 e. The molecule has 1 aromatic rings. The molecule has 1 aliphatic heterocycles. The van der Waals surface area contributed by atoms with Crippen molar-refractivity contribution in [2.45, 2.75) is 39.3 Å². The number of nitrogens with one attached hydrogen (secondary N) is 1. The first kappa shape index (κ1) is 13.6. The summed E-state index contributed by atoms with van der Waals surface area (Å²) in [4.78, 5) is 26.2. The van der Waals surface area contributed by atoms with E-state index in [9.17, 15) is 9.59 Å². The Morgan fingerprint density at radius 3 is 2.58 bits per heavy atom. The number of carbonyl (C=O) groups is 2. The monoisotopic (exact) mass is 264 g/mol. The summed E-state index contributed by atoms with van der Waals surface area (Å²) in [5, 5.41) is 7.05. The highest BCUT2D eigenvalue weighted by atomic mass is 16.2. The molecule has 1 aliphatic rings. The Kier molecular flexibility index (Phi) is 3.59. The van der Waals surface area contributed by atoms with Crippen LogP contribution in [0.15, 0.2) is 12.3 Å². The van der Waals surface area contributed by atoms with E-state index in [1.54, 1.807) is 24.0 Å². The minimum Gasteiger partial charge on any atom is -0.342 e. The summed E-state index contributed by atoms with van der Waals surface area (Å²) in [7, 11) is 1.79. The molecule has 0 spiro atoms. The molecule has 104 valence electrons. The van der Waals surface area contributed by atoms with Crippen LogP contribution in [-0.4, -0.2) is 33.7 Å². The number of amides is 2. The summed E-state index contributed by atoms with van der Waals surface area (Å²) in [5.41, 5.74) is 0. The van der Waals surface area contributed by atoms with Gasteiger partial charge in [-0.1, -0.05) is 20.8 Å². The van der Waals surface area contributed by atoms with E-state index in [4.69, 9.17) is 0 Å². The van der Waals surface area contributed by atoms with Gasteiger partial charge in [-0.15, -0.1) is 0 Å². The molecule has 2 rings (SSSR count). The van der Waals surface area contributed by atoms with Crippen molar-refractivity contribution in [3.63, 3.8) is 0 Å². The minimum absolute atomic E-state index is 0.0313. The molecular weight excluding hydrogens is 244 g/mol. The van der Waals surface area contributed by atoms with Crippen LogP contribution in [0.3, 0.4) is 0 Å². The number of hydrogen-bond acceptors (Lipinski definition) is 3. The van der Waals surface area contributed by atoms with Crippen LogP contribution in [-0.2, 0) is 16.6 Å². The highest BCUT2D eigenvalue weighted by molar-refractivity contribution is 6.07. The molecule has 1 fully saturated rings. The van der Waals surface area contributed by atoms with Crippen molar-refractivity contribution in [1.82, 2.24) is 15.1 Å². The normalized spacial score (nSPS) is 23.9. The summed E-state index contributed by atoms with van der Waals surface area (Å²) < 4.78 is 1.63. The van der Waals surface area contributed by atoms with E-state index >= 15 is 0 Å². The van der Waals surface area contributed by atoms with Gasteiger partial charge in [0.15, 0.2) is 5.82 Å². The molecule has 19 heavy (non-hydrogen) atoms. The Morgan fingerprint density at radius 1 is 1.42 bits per heavy atom. The third kappa shape index (κ3) is 2.34. The fraction of sp³-hybridized carbons (Fsp3) is 0.615. The van der Waals surface area contributed by atoms with E-state index in [2.05, 4.69) is 10.4 Å². The first-order chi connectivity index (χ1) is 8.95. The Bertz CT molecular complexity index is 495. The highest BCUT2D eigenvalue weighted by Gasteiger charge is 2.42. The van der Waals surface area contributed by atoms with Gasteiger partial charge in [0.2, 0.25) is 5.91 Å². The van der Waals surface area contributed by atoms with Gasteiger partial charge in [0.05, 0.1) is 0 Å². The molecule has 2 unspecified atom stereocenters. The van der Waals surface area contributed by atoms with Crippen LogP contribution in [0, 0.1) is 5.92 Å². The fourth-order valence-electron chi connectivity index (χ4n) is 2.41. The van der Waals surface area contributed by atoms with Crippen LogP contribution in [0.1, 0.15) is 27.2 Å². The summed E-state index contributed by atoms with van der Waals surface area (Å²) in [6, 6.07) is 0.813. The van der Waals surface area contributed by atoms with E-state index < -0.39 is 12.1 Å². The van der Waals surface area contributed by atoms with E-state index in [-0.39, 0.29) is 17.7 Å². The lowest BCUT2D eigenvalue weighted by Crippen LogP contribution is -2.65. The van der Waals surface area contributed by atoms with Crippen molar-refractivity contribution in [1.29, 1.82) is 0 Å². The third-order valence-electron chi connectivity index (χ3n) is 3.38. The van der Waals surface area contributed by atoms with Crippen LogP contribution >= 0.6 is 0 Å². The Morgan fingerprint density at radius 2 is 2.11 bits per heavy atom. The van der Waals surface area contributed by atoms with Crippen molar-refractivity contribution in [2.24, 2.45) is 13.0 Å². The van der Waals surface area contributed by atoms with Gasteiger partial charge in [-0.25, -0.2) is 0 Å². The largest absolute Gasteiger partial charge is 0.342 e. The second-order valence-electron chi connectivity index (χ2n) is 5.21. The summed E-state index contributed by atoms with van der Waals surface area (Å²) >= 11 is 0. The van der Waals surface area contributed by atoms with Gasteiger partial charge in [-0.3, -0.25) is 19.2 Å². The average molecular weight is 264 g/mol. The number of hydrogen-bond donors (Lipinski definition) is 1. The molecule has 0 aromatic carbocycles. The van der Waals surface area contributed by atoms with Crippen LogP contribution < -0.4 is 10.2 Å². The van der Waals surface area contributed by atoms with Crippen molar-refractivity contribution in [3.05, 3.63) is 12.3 Å². The second-order valence-corrected chi connectivity index (χ2v) is 5.21. The first-order valence-corrected chi connectivity index (χ1v) is 6.58. The molecule has 6 heteroatoms. The van der Waals surface area contributed by atoms with Crippen LogP contribution in [0.4, 0.5) is 5.82 Å². The van der Waals surface area contributed by atoms with E-state index in [0.717, 1.165) is 0 Å². The maximum atomic E-state index is 12.5. The number of rotatable bonds is 3. The molecule has 2 atom stereocenters. The van der Waals surface area contributed by atoms with E-state index in [1.165, 1.54) is 4.90 Å². The number of aromatic nitrogens is 2. The SMILES string of the molecule is CCC1NC(=O)C(C(C)C)N(c2ccn(C)n2)C1=O. The number of aryl methyl sites for hydroxylation is 1. The number of carbonyl (C=O) groups excluding carboxylic acids is 2. The van der Waals surface area contributed by atoms with Crippen LogP contribution in [0.25, 0.3) is 0 Å². The van der Waals surface area contributed by atoms with Gasteiger partial charge in [0.25, 0.3) is 5.91 Å². The van der Waals surface area contributed by atoms with Gasteiger partial charge in [0.1, 0.15) is 12.1 Å². The lowest BCUT2D eigenvalue weighted by atomic mass is 9.96. The second kappa shape index (κ2) is 5.03. The molecule has 1 aromatic heterocycles. The maximum absolute atomic E-state index is 12.5. The van der Waals surface area contributed by atoms with Gasteiger partial charge in [-0.05, 0) is 12.3 Å². The topological polar surface area (TPSA) is 67.2 Å². The molecule has 6 nitrogen and oxygen atoms in total. The fourth-order valence-corrected chi connectivity index (χ4v) is 2.41. The average Bonchev–Trinajstić information content (AvgIpc) is 2.77. The minimum atomic E-state index is -0.495. The quantitative estimate of drug-likeness (QED) is 0.873. The smallest absolute Gasteiger partial charge is 0.251 e.